The second-order valence-electron chi connectivity index (χ2n) is 5.13. The Bertz CT molecular complexity index is 719. The standard InChI is InChI=1S/C18H20BrN3O2/c1-3-17(21-15-8-5-7-14(19)11-15)18(23)22-20-12-13-6-4-9-16(10-13)24-2/h4-12,17,21H,3H2,1-2H3,(H,22,23). The van der Waals surface area contributed by atoms with E-state index >= 15 is 0 Å². The summed E-state index contributed by atoms with van der Waals surface area (Å²) >= 11 is 3.42. The van der Waals surface area contributed by atoms with Gasteiger partial charge in [0, 0.05) is 10.2 Å². The molecule has 0 aliphatic rings. The topological polar surface area (TPSA) is 62.7 Å². The van der Waals surface area contributed by atoms with Crippen molar-refractivity contribution in [2.45, 2.75) is 19.4 Å². The number of benzene rings is 2. The summed E-state index contributed by atoms with van der Waals surface area (Å²) in [5.74, 6) is 0.560. The van der Waals surface area contributed by atoms with Crippen LogP contribution >= 0.6 is 15.9 Å². The van der Waals surface area contributed by atoms with E-state index in [-0.39, 0.29) is 11.9 Å². The van der Waals surface area contributed by atoms with Crippen molar-refractivity contribution < 1.29 is 9.53 Å². The van der Waals surface area contributed by atoms with E-state index in [0.717, 1.165) is 21.5 Å². The van der Waals surface area contributed by atoms with Crippen molar-refractivity contribution >= 4 is 33.7 Å². The highest BCUT2D eigenvalue weighted by Gasteiger charge is 2.15. The molecule has 2 N–H and O–H groups in total. The van der Waals surface area contributed by atoms with E-state index in [0.29, 0.717) is 6.42 Å². The van der Waals surface area contributed by atoms with Crippen LogP contribution in [-0.2, 0) is 4.79 Å². The average Bonchev–Trinajstić information content (AvgIpc) is 2.59. The number of hydrogen-bond donors (Lipinski definition) is 2. The molecule has 24 heavy (non-hydrogen) atoms. The molecule has 2 rings (SSSR count). The molecule has 0 aliphatic carbocycles. The lowest BCUT2D eigenvalue weighted by Crippen LogP contribution is -2.36. The number of rotatable bonds is 7. The van der Waals surface area contributed by atoms with E-state index in [2.05, 4.69) is 31.8 Å². The fourth-order valence-electron chi connectivity index (χ4n) is 2.10. The number of carbonyl (C=O) groups is 1. The van der Waals surface area contributed by atoms with Crippen LogP contribution in [0.3, 0.4) is 0 Å². The van der Waals surface area contributed by atoms with Gasteiger partial charge >= 0.3 is 0 Å². The monoisotopic (exact) mass is 389 g/mol. The summed E-state index contributed by atoms with van der Waals surface area (Å²) in [6.07, 6.45) is 2.24. The van der Waals surface area contributed by atoms with Gasteiger partial charge in [0.25, 0.3) is 5.91 Å². The maximum absolute atomic E-state index is 12.3. The predicted molar refractivity (Wildman–Crippen MR) is 101 cm³/mol. The minimum Gasteiger partial charge on any atom is -0.497 e. The SMILES string of the molecule is CCC(Nc1cccc(Br)c1)C(=O)NN=Cc1cccc(OC)c1. The van der Waals surface area contributed by atoms with E-state index in [1.54, 1.807) is 13.3 Å². The third-order valence-electron chi connectivity index (χ3n) is 3.37. The highest BCUT2D eigenvalue weighted by molar-refractivity contribution is 9.10. The Balaban J connectivity index is 1.95. The number of anilines is 1. The van der Waals surface area contributed by atoms with Gasteiger partial charge in [0.2, 0.25) is 0 Å². The molecule has 0 saturated carbocycles. The summed E-state index contributed by atoms with van der Waals surface area (Å²) in [6, 6.07) is 14.8. The van der Waals surface area contributed by atoms with Crippen LogP contribution in [0.25, 0.3) is 0 Å². The normalized spacial score (nSPS) is 12.0. The third kappa shape index (κ3) is 5.38. The number of nitrogens with zero attached hydrogens (tertiary/aromatic N) is 1. The van der Waals surface area contributed by atoms with Gasteiger partial charge in [0.05, 0.1) is 13.3 Å². The molecule has 0 aromatic heterocycles. The molecule has 6 heteroatoms. The Morgan fingerprint density at radius 1 is 1.29 bits per heavy atom. The van der Waals surface area contributed by atoms with Gasteiger partial charge in [0.1, 0.15) is 11.8 Å². The molecule has 1 atom stereocenters. The molecule has 0 saturated heterocycles. The van der Waals surface area contributed by atoms with Crippen LogP contribution < -0.4 is 15.5 Å². The number of hydrazone groups is 1. The molecule has 5 nitrogen and oxygen atoms in total. The van der Waals surface area contributed by atoms with Crippen LogP contribution in [0, 0.1) is 0 Å². The van der Waals surface area contributed by atoms with Crippen LogP contribution in [0.2, 0.25) is 0 Å². The second-order valence-corrected chi connectivity index (χ2v) is 6.04. The van der Waals surface area contributed by atoms with E-state index < -0.39 is 0 Å². The molecule has 2 aromatic carbocycles. The van der Waals surface area contributed by atoms with E-state index in [4.69, 9.17) is 4.74 Å². The smallest absolute Gasteiger partial charge is 0.262 e. The van der Waals surface area contributed by atoms with Crippen LogP contribution in [0.5, 0.6) is 5.75 Å². The fraction of sp³-hybridized carbons (Fsp3) is 0.222. The van der Waals surface area contributed by atoms with Gasteiger partial charge in [-0.1, -0.05) is 41.1 Å². The summed E-state index contributed by atoms with van der Waals surface area (Å²) in [7, 11) is 1.61. The highest BCUT2D eigenvalue weighted by atomic mass is 79.9. The fourth-order valence-corrected chi connectivity index (χ4v) is 2.50. The zero-order valence-corrected chi connectivity index (χ0v) is 15.2. The Morgan fingerprint density at radius 3 is 2.79 bits per heavy atom. The summed E-state index contributed by atoms with van der Waals surface area (Å²) < 4.78 is 6.11. The summed E-state index contributed by atoms with van der Waals surface area (Å²) in [5.41, 5.74) is 4.30. The quantitative estimate of drug-likeness (QED) is 0.559. The zero-order chi connectivity index (χ0) is 17.4. The first kappa shape index (κ1) is 18.0. The number of nitrogens with one attached hydrogen (secondary N) is 2. The molecule has 1 amide bonds. The van der Waals surface area contributed by atoms with E-state index in [9.17, 15) is 4.79 Å². The van der Waals surface area contributed by atoms with Gasteiger partial charge in [0.15, 0.2) is 0 Å². The highest BCUT2D eigenvalue weighted by Crippen LogP contribution is 2.17. The molecular weight excluding hydrogens is 370 g/mol. The van der Waals surface area contributed by atoms with Crippen LogP contribution in [0.4, 0.5) is 5.69 Å². The van der Waals surface area contributed by atoms with Crippen molar-refractivity contribution in [1.29, 1.82) is 0 Å². The second kappa shape index (κ2) is 9.08. The Hall–Kier alpha value is -2.34. The van der Waals surface area contributed by atoms with Crippen LogP contribution in [-0.4, -0.2) is 25.3 Å². The van der Waals surface area contributed by atoms with Crippen molar-refractivity contribution in [2.75, 3.05) is 12.4 Å². The average molecular weight is 390 g/mol. The van der Waals surface area contributed by atoms with Gasteiger partial charge in [-0.2, -0.15) is 5.10 Å². The summed E-state index contributed by atoms with van der Waals surface area (Å²) in [5, 5.41) is 7.22. The number of carbonyl (C=O) groups excluding carboxylic acids is 1. The van der Waals surface area contributed by atoms with Crippen molar-refractivity contribution in [1.82, 2.24) is 5.43 Å². The van der Waals surface area contributed by atoms with Gasteiger partial charge in [-0.05, 0) is 42.3 Å². The zero-order valence-electron chi connectivity index (χ0n) is 13.6. The first-order valence-corrected chi connectivity index (χ1v) is 8.40. The molecule has 0 aliphatic heterocycles. The molecule has 126 valence electrons. The number of halogens is 1. The molecule has 0 heterocycles. The number of amides is 1. The number of ether oxygens (including phenoxy) is 1. The number of hydrogen-bond acceptors (Lipinski definition) is 4. The Labute approximate surface area is 150 Å². The molecule has 1 unspecified atom stereocenters. The first-order chi connectivity index (χ1) is 11.6. The lowest BCUT2D eigenvalue weighted by atomic mass is 10.2. The first-order valence-electron chi connectivity index (χ1n) is 7.61. The number of methoxy groups -OCH3 is 1. The van der Waals surface area contributed by atoms with Crippen LogP contribution in [0.15, 0.2) is 58.1 Å². The third-order valence-corrected chi connectivity index (χ3v) is 3.87. The Kier molecular flexibility index (Phi) is 6.81. The van der Waals surface area contributed by atoms with Crippen molar-refractivity contribution in [3.63, 3.8) is 0 Å². The maximum atomic E-state index is 12.3. The predicted octanol–water partition coefficient (Wildman–Crippen LogP) is 3.80. The minimum absolute atomic E-state index is 0.184. The molecule has 0 radical (unpaired) electrons. The van der Waals surface area contributed by atoms with Gasteiger partial charge in [-0.25, -0.2) is 5.43 Å². The maximum Gasteiger partial charge on any atom is 0.262 e. The molecule has 2 aromatic rings. The van der Waals surface area contributed by atoms with Crippen molar-refractivity contribution in [3.8, 4) is 5.75 Å². The van der Waals surface area contributed by atoms with Crippen molar-refractivity contribution in [2.24, 2.45) is 5.10 Å². The van der Waals surface area contributed by atoms with E-state index in [1.807, 2.05) is 55.5 Å². The van der Waals surface area contributed by atoms with Gasteiger partial charge in [-0.3, -0.25) is 4.79 Å². The molecular formula is C18H20BrN3O2. The molecule has 0 fully saturated rings. The lowest BCUT2D eigenvalue weighted by Gasteiger charge is -2.16. The van der Waals surface area contributed by atoms with Crippen molar-refractivity contribution in [3.05, 3.63) is 58.6 Å². The van der Waals surface area contributed by atoms with Gasteiger partial charge in [-0.15, -0.1) is 0 Å². The molecule has 0 bridgehead atoms. The van der Waals surface area contributed by atoms with Crippen LogP contribution in [0.1, 0.15) is 18.9 Å². The summed E-state index contributed by atoms with van der Waals surface area (Å²) in [4.78, 5) is 12.3. The van der Waals surface area contributed by atoms with E-state index in [1.165, 1.54) is 0 Å². The summed E-state index contributed by atoms with van der Waals surface area (Å²) in [6.45, 7) is 1.95. The minimum atomic E-state index is -0.359. The van der Waals surface area contributed by atoms with Gasteiger partial charge < -0.3 is 10.1 Å². The Morgan fingerprint density at radius 2 is 2.08 bits per heavy atom. The lowest BCUT2D eigenvalue weighted by molar-refractivity contribution is -0.121. The largest absolute Gasteiger partial charge is 0.497 e. The molecule has 0 spiro atoms.